The lowest BCUT2D eigenvalue weighted by Crippen LogP contribution is -2.11. The van der Waals surface area contributed by atoms with Crippen molar-refractivity contribution in [2.75, 3.05) is 5.32 Å². The number of benzene rings is 3. The predicted molar refractivity (Wildman–Crippen MR) is 103 cm³/mol. The van der Waals surface area contributed by atoms with Crippen LogP contribution in [0.2, 0.25) is 0 Å². The number of nitrogens with one attached hydrogen (secondary N) is 1. The highest BCUT2D eigenvalue weighted by Crippen LogP contribution is 2.27. The zero-order chi connectivity index (χ0) is 18.1. The fourth-order valence-corrected chi connectivity index (χ4v) is 3.02. The van der Waals surface area contributed by atoms with Gasteiger partial charge in [-0.25, -0.2) is 4.98 Å². The van der Waals surface area contributed by atoms with Crippen molar-refractivity contribution in [3.8, 4) is 11.5 Å². The van der Waals surface area contributed by atoms with Gasteiger partial charge in [-0.05, 0) is 56.3 Å². The first-order valence-electron chi connectivity index (χ1n) is 8.44. The molecular weight excluding hydrogens is 324 g/mol. The van der Waals surface area contributed by atoms with Crippen LogP contribution < -0.4 is 5.32 Å². The fraction of sp³-hybridized carbons (Fsp3) is 0.0909. The van der Waals surface area contributed by atoms with Gasteiger partial charge >= 0.3 is 0 Å². The summed E-state index contributed by atoms with van der Waals surface area (Å²) in [5, 5.41) is 2.90. The second-order valence-corrected chi connectivity index (χ2v) is 6.40. The summed E-state index contributed by atoms with van der Waals surface area (Å²) in [4.78, 5) is 16.9. The largest absolute Gasteiger partial charge is 0.436 e. The van der Waals surface area contributed by atoms with Gasteiger partial charge in [0.1, 0.15) is 5.52 Å². The van der Waals surface area contributed by atoms with E-state index in [-0.39, 0.29) is 5.91 Å². The molecule has 0 saturated heterocycles. The minimum absolute atomic E-state index is 0.150. The molecule has 4 nitrogen and oxygen atoms in total. The van der Waals surface area contributed by atoms with E-state index in [2.05, 4.69) is 42.3 Å². The van der Waals surface area contributed by atoms with Crippen molar-refractivity contribution >= 4 is 22.7 Å². The number of nitrogens with zero attached hydrogens (tertiary/aromatic N) is 1. The smallest absolute Gasteiger partial charge is 0.255 e. The maximum Gasteiger partial charge on any atom is 0.255 e. The molecule has 3 aromatic carbocycles. The van der Waals surface area contributed by atoms with Crippen molar-refractivity contribution in [2.45, 2.75) is 13.8 Å². The second kappa shape index (κ2) is 6.48. The van der Waals surface area contributed by atoms with Gasteiger partial charge in [-0.15, -0.1) is 0 Å². The molecule has 0 radical (unpaired) electrons. The van der Waals surface area contributed by atoms with Crippen LogP contribution in [0.3, 0.4) is 0 Å². The second-order valence-electron chi connectivity index (χ2n) is 6.40. The van der Waals surface area contributed by atoms with Crippen molar-refractivity contribution in [2.24, 2.45) is 0 Å². The number of rotatable bonds is 3. The van der Waals surface area contributed by atoms with E-state index in [4.69, 9.17) is 4.42 Å². The van der Waals surface area contributed by atoms with Gasteiger partial charge in [0, 0.05) is 16.8 Å². The molecule has 0 atom stereocenters. The van der Waals surface area contributed by atoms with E-state index in [1.165, 1.54) is 0 Å². The van der Waals surface area contributed by atoms with E-state index in [9.17, 15) is 4.79 Å². The Labute approximate surface area is 151 Å². The Balaban J connectivity index is 1.64. The molecule has 0 aliphatic rings. The molecule has 1 N–H and O–H groups in total. The van der Waals surface area contributed by atoms with E-state index >= 15 is 0 Å². The molecule has 0 spiro atoms. The van der Waals surface area contributed by atoms with E-state index in [1.807, 2.05) is 36.4 Å². The van der Waals surface area contributed by atoms with Crippen LogP contribution in [-0.4, -0.2) is 10.9 Å². The normalized spacial score (nSPS) is 10.8. The summed E-state index contributed by atoms with van der Waals surface area (Å²) in [6.07, 6.45) is 0. The van der Waals surface area contributed by atoms with Crippen LogP contribution in [-0.2, 0) is 0 Å². The van der Waals surface area contributed by atoms with Gasteiger partial charge in [-0.1, -0.05) is 35.4 Å². The molecule has 4 aromatic rings. The maximum atomic E-state index is 12.3. The van der Waals surface area contributed by atoms with Gasteiger partial charge in [0.25, 0.3) is 5.91 Å². The molecule has 128 valence electrons. The van der Waals surface area contributed by atoms with E-state index in [0.29, 0.717) is 28.2 Å². The van der Waals surface area contributed by atoms with E-state index in [0.717, 1.165) is 16.7 Å². The Kier molecular flexibility index (Phi) is 4.01. The number of aromatic nitrogens is 1. The van der Waals surface area contributed by atoms with Crippen molar-refractivity contribution in [3.63, 3.8) is 0 Å². The summed E-state index contributed by atoms with van der Waals surface area (Å²) in [7, 11) is 0. The molecular formula is C22H18N2O2. The van der Waals surface area contributed by atoms with Gasteiger partial charge in [0.2, 0.25) is 5.89 Å². The lowest BCUT2D eigenvalue weighted by Gasteiger charge is -2.04. The molecule has 0 unspecified atom stereocenters. The van der Waals surface area contributed by atoms with Crippen LogP contribution >= 0.6 is 0 Å². The van der Waals surface area contributed by atoms with Crippen molar-refractivity contribution in [1.82, 2.24) is 4.98 Å². The molecule has 26 heavy (non-hydrogen) atoms. The number of oxazole rings is 1. The van der Waals surface area contributed by atoms with Crippen LogP contribution in [0.25, 0.3) is 22.6 Å². The molecule has 1 aromatic heterocycles. The minimum atomic E-state index is -0.150. The number of hydrogen-bond acceptors (Lipinski definition) is 3. The van der Waals surface area contributed by atoms with Crippen LogP contribution in [0.1, 0.15) is 21.5 Å². The quantitative estimate of drug-likeness (QED) is 0.545. The standard InChI is InChI=1S/C22H18N2O2/c1-14-10-15(2)12-17(11-14)22-24-19-13-18(8-9-20(19)26-22)23-21(25)16-6-4-3-5-7-16/h3-13H,1-2H3,(H,23,25). The van der Waals surface area contributed by atoms with Crippen LogP contribution in [0.5, 0.6) is 0 Å². The topological polar surface area (TPSA) is 55.1 Å². The number of carbonyl (C=O) groups is 1. The fourth-order valence-electron chi connectivity index (χ4n) is 3.02. The predicted octanol–water partition coefficient (Wildman–Crippen LogP) is 5.36. The molecule has 4 rings (SSSR count). The lowest BCUT2D eigenvalue weighted by atomic mass is 10.1. The molecule has 0 fully saturated rings. The Morgan fingerprint density at radius 2 is 1.65 bits per heavy atom. The minimum Gasteiger partial charge on any atom is -0.436 e. The summed E-state index contributed by atoms with van der Waals surface area (Å²) in [5.74, 6) is 0.432. The zero-order valence-corrected chi connectivity index (χ0v) is 14.6. The Bertz CT molecular complexity index is 1080. The lowest BCUT2D eigenvalue weighted by molar-refractivity contribution is 0.102. The molecule has 4 heteroatoms. The van der Waals surface area contributed by atoms with Crippen LogP contribution in [0.4, 0.5) is 5.69 Å². The maximum absolute atomic E-state index is 12.3. The van der Waals surface area contributed by atoms with Crippen molar-refractivity contribution in [3.05, 3.63) is 83.4 Å². The molecule has 1 heterocycles. The highest BCUT2D eigenvalue weighted by atomic mass is 16.3. The number of carbonyl (C=O) groups excluding carboxylic acids is 1. The van der Waals surface area contributed by atoms with Gasteiger partial charge in [-0.3, -0.25) is 4.79 Å². The van der Waals surface area contributed by atoms with Gasteiger partial charge in [-0.2, -0.15) is 0 Å². The Hall–Kier alpha value is -3.40. The van der Waals surface area contributed by atoms with Crippen LogP contribution in [0.15, 0.2) is 71.1 Å². The van der Waals surface area contributed by atoms with E-state index in [1.54, 1.807) is 12.1 Å². The molecule has 0 bridgehead atoms. The summed E-state index contributed by atoms with van der Waals surface area (Å²) in [6.45, 7) is 4.10. The Morgan fingerprint density at radius 3 is 2.38 bits per heavy atom. The highest BCUT2D eigenvalue weighted by molar-refractivity contribution is 6.04. The summed E-state index contributed by atoms with van der Waals surface area (Å²) >= 11 is 0. The SMILES string of the molecule is Cc1cc(C)cc(-c2nc3cc(NC(=O)c4ccccc4)ccc3o2)c1. The Morgan fingerprint density at radius 1 is 0.923 bits per heavy atom. The summed E-state index contributed by atoms with van der Waals surface area (Å²) < 4.78 is 5.88. The third kappa shape index (κ3) is 3.22. The highest BCUT2D eigenvalue weighted by Gasteiger charge is 2.11. The number of amides is 1. The first-order valence-corrected chi connectivity index (χ1v) is 8.44. The van der Waals surface area contributed by atoms with Gasteiger partial charge in [0.05, 0.1) is 0 Å². The third-order valence-corrected chi connectivity index (χ3v) is 4.15. The molecule has 0 saturated carbocycles. The van der Waals surface area contributed by atoms with Crippen molar-refractivity contribution in [1.29, 1.82) is 0 Å². The summed E-state index contributed by atoms with van der Waals surface area (Å²) in [5.41, 5.74) is 5.99. The average Bonchev–Trinajstić information content (AvgIpc) is 3.05. The number of fused-ring (bicyclic) bond motifs is 1. The zero-order valence-electron chi connectivity index (χ0n) is 14.6. The van der Waals surface area contributed by atoms with Gasteiger partial charge in [0.15, 0.2) is 5.58 Å². The summed E-state index contributed by atoms with van der Waals surface area (Å²) in [6, 6.07) is 20.8. The van der Waals surface area contributed by atoms with E-state index < -0.39 is 0 Å². The first kappa shape index (κ1) is 16.1. The molecule has 0 aliphatic carbocycles. The van der Waals surface area contributed by atoms with Crippen molar-refractivity contribution < 1.29 is 9.21 Å². The van der Waals surface area contributed by atoms with Gasteiger partial charge < -0.3 is 9.73 Å². The average molecular weight is 342 g/mol. The monoisotopic (exact) mass is 342 g/mol. The number of hydrogen-bond donors (Lipinski definition) is 1. The molecule has 0 aliphatic heterocycles. The number of aryl methyl sites for hydroxylation is 2. The number of anilines is 1. The van der Waals surface area contributed by atoms with Crippen LogP contribution in [0, 0.1) is 13.8 Å². The third-order valence-electron chi connectivity index (χ3n) is 4.15. The first-order chi connectivity index (χ1) is 12.6. The molecule has 1 amide bonds.